The second-order valence-electron chi connectivity index (χ2n) is 14.2. The first-order valence-corrected chi connectivity index (χ1v) is 20.8. The van der Waals surface area contributed by atoms with Gasteiger partial charge in [-0.15, -0.1) is 0 Å². The largest absolute Gasteiger partial charge is 0.394 e. The highest BCUT2D eigenvalue weighted by Gasteiger charge is 2.22. The van der Waals surface area contributed by atoms with E-state index in [0.29, 0.717) is 6.42 Å². The van der Waals surface area contributed by atoms with E-state index < -0.39 is 24.2 Å². The molecule has 0 heterocycles. The van der Waals surface area contributed by atoms with E-state index in [2.05, 4.69) is 43.5 Å². The van der Waals surface area contributed by atoms with E-state index in [4.69, 9.17) is 0 Å². The van der Waals surface area contributed by atoms with Gasteiger partial charge in [0.2, 0.25) is 5.91 Å². The summed E-state index contributed by atoms with van der Waals surface area (Å²) in [5, 5.41) is 33.0. The Bertz CT molecular complexity index is 749. The second-order valence-corrected chi connectivity index (χ2v) is 14.2. The lowest BCUT2D eigenvalue weighted by atomic mass is 10.0. The molecule has 0 aliphatic rings. The standard InChI is InChI=1S/C43H81NO4/c1-3-5-7-9-11-13-15-17-19-20-21-22-23-24-26-27-29-31-33-35-37-41(46)40(39-45)44-43(48)42(47)38-36-34-32-30-28-25-18-16-14-12-10-8-6-4-2/h14,16,27,29,35,37,40-42,45-47H,3-13,15,17-26,28,30-34,36,38-39H2,1-2H3,(H,44,48)/b16-14-,29-27+,37-35+. The van der Waals surface area contributed by atoms with Gasteiger partial charge in [-0.3, -0.25) is 4.79 Å². The van der Waals surface area contributed by atoms with Crippen LogP contribution in [0.1, 0.15) is 206 Å². The van der Waals surface area contributed by atoms with Crippen LogP contribution in [0.3, 0.4) is 0 Å². The average molecular weight is 676 g/mol. The number of carbonyl (C=O) groups excluding carboxylic acids is 1. The fraction of sp³-hybridized carbons (Fsp3) is 0.837. The van der Waals surface area contributed by atoms with E-state index in [1.165, 1.54) is 141 Å². The minimum atomic E-state index is -1.11. The number of aliphatic hydroxyl groups is 3. The number of amides is 1. The van der Waals surface area contributed by atoms with Crippen molar-refractivity contribution in [3.63, 3.8) is 0 Å². The molecule has 0 aromatic heterocycles. The summed E-state index contributed by atoms with van der Waals surface area (Å²) in [6.07, 6.45) is 47.4. The summed E-state index contributed by atoms with van der Waals surface area (Å²) in [5.41, 5.74) is 0. The Morgan fingerprint density at radius 3 is 1.29 bits per heavy atom. The number of rotatable bonds is 37. The molecule has 0 saturated heterocycles. The first-order valence-electron chi connectivity index (χ1n) is 20.8. The minimum absolute atomic E-state index is 0.378. The van der Waals surface area contributed by atoms with Gasteiger partial charge < -0.3 is 20.6 Å². The number of hydrogen-bond acceptors (Lipinski definition) is 4. The quantitative estimate of drug-likeness (QED) is 0.0390. The van der Waals surface area contributed by atoms with Crippen molar-refractivity contribution >= 4 is 5.91 Å². The topological polar surface area (TPSA) is 89.8 Å². The Balaban J connectivity index is 3.75. The minimum Gasteiger partial charge on any atom is -0.394 e. The van der Waals surface area contributed by atoms with E-state index in [0.717, 1.165) is 44.9 Å². The fourth-order valence-corrected chi connectivity index (χ4v) is 6.14. The van der Waals surface area contributed by atoms with E-state index in [1.807, 2.05) is 6.08 Å². The van der Waals surface area contributed by atoms with Crippen LogP contribution in [-0.4, -0.2) is 46.1 Å². The molecule has 0 aliphatic carbocycles. The molecule has 0 saturated carbocycles. The van der Waals surface area contributed by atoms with Crippen LogP contribution in [0.4, 0.5) is 0 Å². The molecule has 5 heteroatoms. The van der Waals surface area contributed by atoms with Crippen molar-refractivity contribution < 1.29 is 20.1 Å². The van der Waals surface area contributed by atoms with Gasteiger partial charge in [-0.05, 0) is 57.8 Å². The smallest absolute Gasteiger partial charge is 0.249 e. The Morgan fingerprint density at radius 1 is 0.500 bits per heavy atom. The first-order chi connectivity index (χ1) is 23.6. The van der Waals surface area contributed by atoms with Crippen LogP contribution in [0.15, 0.2) is 36.5 Å². The highest BCUT2D eigenvalue weighted by Crippen LogP contribution is 2.14. The molecule has 0 spiro atoms. The van der Waals surface area contributed by atoms with E-state index in [1.54, 1.807) is 6.08 Å². The number of allylic oxidation sites excluding steroid dienone is 5. The van der Waals surface area contributed by atoms with Gasteiger partial charge in [0.25, 0.3) is 0 Å². The SMILES string of the molecule is CCCCCC/C=C\CCCCCCCCC(O)C(=O)NC(CO)C(O)/C=C/CC/C=C/CCCCCCCCCCCCCCCC. The van der Waals surface area contributed by atoms with E-state index in [-0.39, 0.29) is 6.61 Å². The Kier molecular flexibility index (Phi) is 37.2. The third-order valence-electron chi connectivity index (χ3n) is 9.45. The van der Waals surface area contributed by atoms with Gasteiger partial charge in [0, 0.05) is 0 Å². The van der Waals surface area contributed by atoms with Crippen LogP contribution in [0.25, 0.3) is 0 Å². The zero-order valence-corrected chi connectivity index (χ0v) is 31.9. The first kappa shape index (κ1) is 46.6. The third-order valence-corrected chi connectivity index (χ3v) is 9.45. The molecule has 0 aliphatic heterocycles. The Labute approximate surface area is 298 Å². The molecule has 282 valence electrons. The molecule has 0 aromatic carbocycles. The van der Waals surface area contributed by atoms with Crippen molar-refractivity contribution in [1.82, 2.24) is 5.32 Å². The van der Waals surface area contributed by atoms with Gasteiger partial charge in [0.1, 0.15) is 6.10 Å². The lowest BCUT2D eigenvalue weighted by Gasteiger charge is -2.21. The molecule has 0 rings (SSSR count). The summed E-state index contributed by atoms with van der Waals surface area (Å²) < 4.78 is 0. The molecule has 0 bridgehead atoms. The van der Waals surface area contributed by atoms with Crippen molar-refractivity contribution in [2.45, 2.75) is 225 Å². The summed E-state index contributed by atoms with van der Waals surface area (Å²) >= 11 is 0. The maximum absolute atomic E-state index is 12.4. The van der Waals surface area contributed by atoms with Crippen molar-refractivity contribution in [2.24, 2.45) is 0 Å². The van der Waals surface area contributed by atoms with Gasteiger partial charge in [-0.2, -0.15) is 0 Å². The normalized spacial score (nSPS) is 14.0. The van der Waals surface area contributed by atoms with Gasteiger partial charge in [-0.25, -0.2) is 0 Å². The molecule has 1 amide bonds. The zero-order chi connectivity index (χ0) is 35.2. The van der Waals surface area contributed by atoms with Gasteiger partial charge in [-0.1, -0.05) is 185 Å². The number of aliphatic hydroxyl groups excluding tert-OH is 3. The molecular weight excluding hydrogens is 594 g/mol. The van der Waals surface area contributed by atoms with Crippen LogP contribution < -0.4 is 5.32 Å². The third kappa shape index (κ3) is 33.1. The highest BCUT2D eigenvalue weighted by molar-refractivity contribution is 5.80. The lowest BCUT2D eigenvalue weighted by molar-refractivity contribution is -0.131. The van der Waals surface area contributed by atoms with Crippen molar-refractivity contribution in [2.75, 3.05) is 6.61 Å². The fourth-order valence-electron chi connectivity index (χ4n) is 6.14. The molecule has 0 radical (unpaired) electrons. The number of nitrogens with one attached hydrogen (secondary N) is 1. The van der Waals surface area contributed by atoms with Gasteiger partial charge >= 0.3 is 0 Å². The van der Waals surface area contributed by atoms with Crippen molar-refractivity contribution in [3.05, 3.63) is 36.5 Å². The molecule has 3 atom stereocenters. The summed E-state index contributed by atoms with van der Waals surface area (Å²) in [6.45, 7) is 4.15. The predicted octanol–water partition coefficient (Wildman–Crippen LogP) is 11.6. The molecule has 5 nitrogen and oxygen atoms in total. The highest BCUT2D eigenvalue weighted by atomic mass is 16.3. The summed E-state index contributed by atoms with van der Waals surface area (Å²) in [7, 11) is 0. The molecule has 0 fully saturated rings. The molecule has 0 aromatic rings. The zero-order valence-electron chi connectivity index (χ0n) is 31.9. The lowest BCUT2D eigenvalue weighted by Crippen LogP contribution is -2.48. The maximum Gasteiger partial charge on any atom is 0.249 e. The van der Waals surface area contributed by atoms with Crippen molar-refractivity contribution in [3.8, 4) is 0 Å². The van der Waals surface area contributed by atoms with Crippen LogP contribution >= 0.6 is 0 Å². The Hall–Kier alpha value is -1.43. The van der Waals surface area contributed by atoms with Crippen LogP contribution in [0.5, 0.6) is 0 Å². The number of unbranched alkanes of at least 4 members (excludes halogenated alkanes) is 25. The van der Waals surface area contributed by atoms with E-state index >= 15 is 0 Å². The van der Waals surface area contributed by atoms with Gasteiger partial charge in [0.15, 0.2) is 0 Å². The summed E-state index contributed by atoms with van der Waals surface area (Å²) in [6, 6.07) is -0.815. The number of hydrogen-bond donors (Lipinski definition) is 4. The summed E-state index contributed by atoms with van der Waals surface area (Å²) in [5.74, 6) is -0.519. The molecule has 3 unspecified atom stereocenters. The second kappa shape index (κ2) is 38.4. The predicted molar refractivity (Wildman–Crippen MR) is 208 cm³/mol. The van der Waals surface area contributed by atoms with Crippen LogP contribution in [-0.2, 0) is 4.79 Å². The van der Waals surface area contributed by atoms with Crippen LogP contribution in [0, 0.1) is 0 Å². The van der Waals surface area contributed by atoms with Crippen molar-refractivity contribution in [1.29, 1.82) is 0 Å². The van der Waals surface area contributed by atoms with E-state index in [9.17, 15) is 20.1 Å². The average Bonchev–Trinajstić information content (AvgIpc) is 3.09. The molecular formula is C43H81NO4. The Morgan fingerprint density at radius 2 is 0.854 bits per heavy atom. The maximum atomic E-state index is 12.4. The summed E-state index contributed by atoms with van der Waals surface area (Å²) in [4.78, 5) is 12.4. The number of carbonyl (C=O) groups is 1. The van der Waals surface area contributed by atoms with Gasteiger partial charge in [0.05, 0.1) is 18.8 Å². The van der Waals surface area contributed by atoms with Crippen LogP contribution in [0.2, 0.25) is 0 Å². The monoisotopic (exact) mass is 676 g/mol. The molecule has 48 heavy (non-hydrogen) atoms. The molecule has 4 N–H and O–H groups in total.